The molecule has 3 atom stereocenters. The first-order chi connectivity index (χ1) is 13.5. The SMILES string of the molecule is CCN1CCN(c2ccncc2NC(=O)C(C(N)N)C2N=CC(F)CN2)CC1. The number of hydrogen-bond acceptors (Lipinski definition) is 8. The van der Waals surface area contributed by atoms with E-state index in [1.165, 1.54) is 6.21 Å². The van der Waals surface area contributed by atoms with E-state index < -0.39 is 24.4 Å². The van der Waals surface area contributed by atoms with Gasteiger partial charge >= 0.3 is 0 Å². The summed E-state index contributed by atoms with van der Waals surface area (Å²) < 4.78 is 13.3. The maximum absolute atomic E-state index is 13.3. The highest BCUT2D eigenvalue weighted by Gasteiger charge is 2.34. The summed E-state index contributed by atoms with van der Waals surface area (Å²) in [6.45, 7) is 6.92. The fraction of sp³-hybridized carbons (Fsp3) is 0.611. The van der Waals surface area contributed by atoms with Crippen LogP contribution in [0.2, 0.25) is 0 Å². The molecule has 0 saturated carbocycles. The molecule has 3 heterocycles. The van der Waals surface area contributed by atoms with Crippen LogP contribution in [0.3, 0.4) is 0 Å². The van der Waals surface area contributed by atoms with Gasteiger partial charge in [0, 0.05) is 45.1 Å². The van der Waals surface area contributed by atoms with Gasteiger partial charge in [0.05, 0.1) is 23.7 Å². The zero-order valence-electron chi connectivity index (χ0n) is 16.1. The zero-order chi connectivity index (χ0) is 20.1. The lowest BCUT2D eigenvalue weighted by atomic mass is 10.0. The van der Waals surface area contributed by atoms with Gasteiger partial charge in [-0.3, -0.25) is 20.1 Å². The van der Waals surface area contributed by atoms with Crippen LogP contribution >= 0.6 is 0 Å². The molecule has 0 spiro atoms. The van der Waals surface area contributed by atoms with Crippen molar-refractivity contribution in [2.75, 3.05) is 49.5 Å². The molecular weight excluding hydrogens is 363 g/mol. The molecule has 28 heavy (non-hydrogen) atoms. The fourth-order valence-electron chi connectivity index (χ4n) is 3.55. The Morgan fingerprint density at radius 3 is 2.75 bits per heavy atom. The maximum Gasteiger partial charge on any atom is 0.234 e. The number of aliphatic imine (C=N–C) groups is 1. The van der Waals surface area contributed by atoms with Gasteiger partial charge in [0.1, 0.15) is 18.3 Å². The van der Waals surface area contributed by atoms with E-state index in [-0.39, 0.29) is 12.5 Å². The molecule has 6 N–H and O–H groups in total. The molecule has 2 aliphatic rings. The number of aromatic nitrogens is 1. The Labute approximate surface area is 164 Å². The van der Waals surface area contributed by atoms with Crippen molar-refractivity contribution in [2.24, 2.45) is 22.4 Å². The standard InChI is InChI=1S/C18H29FN8O/c1-2-26-5-7-27(8-6-26)14-3-4-22-11-13(14)25-18(28)15(16(20)21)17-23-9-12(19)10-24-17/h3-4,9,11-12,15-17,24H,2,5-8,10,20-21H2,1H3,(H,25,28). The van der Waals surface area contributed by atoms with Crippen LogP contribution in [0.25, 0.3) is 0 Å². The van der Waals surface area contributed by atoms with Gasteiger partial charge in [0.25, 0.3) is 0 Å². The Morgan fingerprint density at radius 1 is 1.39 bits per heavy atom. The highest BCUT2D eigenvalue weighted by Crippen LogP contribution is 2.26. The van der Waals surface area contributed by atoms with Crippen molar-refractivity contribution in [2.45, 2.75) is 25.4 Å². The second-order valence-electron chi connectivity index (χ2n) is 7.07. The quantitative estimate of drug-likeness (QED) is 0.475. The molecule has 154 valence electrons. The van der Waals surface area contributed by atoms with Crippen molar-refractivity contribution in [3.8, 4) is 0 Å². The number of rotatable bonds is 6. The van der Waals surface area contributed by atoms with E-state index in [9.17, 15) is 9.18 Å². The average Bonchev–Trinajstić information content (AvgIpc) is 2.70. The number of nitrogens with zero attached hydrogens (tertiary/aromatic N) is 4. The lowest BCUT2D eigenvalue weighted by molar-refractivity contribution is -0.121. The second-order valence-corrected chi connectivity index (χ2v) is 7.07. The first kappa shape index (κ1) is 20.6. The van der Waals surface area contributed by atoms with Crippen molar-refractivity contribution in [3.05, 3.63) is 18.5 Å². The lowest BCUT2D eigenvalue weighted by Crippen LogP contribution is -2.56. The monoisotopic (exact) mass is 392 g/mol. The van der Waals surface area contributed by atoms with Crippen LogP contribution < -0.4 is 27.0 Å². The van der Waals surface area contributed by atoms with E-state index in [1.807, 2.05) is 6.07 Å². The normalized spacial score (nSPS) is 24.4. The summed E-state index contributed by atoms with van der Waals surface area (Å²) >= 11 is 0. The van der Waals surface area contributed by atoms with Gasteiger partial charge in [-0.25, -0.2) is 4.39 Å². The molecule has 1 fully saturated rings. The summed E-state index contributed by atoms with van der Waals surface area (Å²) in [4.78, 5) is 25.7. The van der Waals surface area contributed by atoms with E-state index >= 15 is 0 Å². The summed E-state index contributed by atoms with van der Waals surface area (Å²) in [5, 5.41) is 5.78. The number of alkyl halides is 1. The minimum atomic E-state index is -1.18. The Kier molecular flexibility index (Phi) is 6.89. The molecule has 10 heteroatoms. The number of carbonyl (C=O) groups is 1. The third-order valence-corrected chi connectivity index (χ3v) is 5.20. The van der Waals surface area contributed by atoms with Gasteiger partial charge in [-0.15, -0.1) is 0 Å². The molecule has 0 bridgehead atoms. The van der Waals surface area contributed by atoms with Gasteiger partial charge in [0.15, 0.2) is 0 Å². The molecule has 2 aliphatic heterocycles. The van der Waals surface area contributed by atoms with Gasteiger partial charge < -0.3 is 26.6 Å². The topological polar surface area (TPSA) is 125 Å². The van der Waals surface area contributed by atoms with E-state index in [0.717, 1.165) is 38.4 Å². The third-order valence-electron chi connectivity index (χ3n) is 5.20. The van der Waals surface area contributed by atoms with Gasteiger partial charge in [-0.1, -0.05) is 6.92 Å². The van der Waals surface area contributed by atoms with Crippen molar-refractivity contribution in [1.82, 2.24) is 15.2 Å². The number of likely N-dealkylation sites (N-methyl/N-ethyl adjacent to an activating group) is 1. The number of anilines is 2. The number of amides is 1. The molecular formula is C18H29FN8O. The molecule has 1 amide bonds. The highest BCUT2D eigenvalue weighted by molar-refractivity contribution is 5.96. The fourth-order valence-corrected chi connectivity index (χ4v) is 3.55. The molecule has 9 nitrogen and oxygen atoms in total. The van der Waals surface area contributed by atoms with Crippen molar-refractivity contribution >= 4 is 23.5 Å². The first-order valence-electron chi connectivity index (χ1n) is 9.63. The van der Waals surface area contributed by atoms with Crippen LogP contribution in [-0.4, -0.2) is 79.8 Å². The number of piperazine rings is 1. The molecule has 0 aliphatic carbocycles. The number of halogens is 1. The summed E-state index contributed by atoms with van der Waals surface area (Å²) in [6, 6.07) is 1.89. The number of pyridine rings is 1. The Balaban J connectivity index is 1.73. The highest BCUT2D eigenvalue weighted by atomic mass is 19.1. The third kappa shape index (κ3) is 4.82. The Morgan fingerprint density at radius 2 is 2.14 bits per heavy atom. The van der Waals surface area contributed by atoms with E-state index in [1.54, 1.807) is 12.4 Å². The first-order valence-corrected chi connectivity index (χ1v) is 9.63. The molecule has 1 saturated heterocycles. The number of hydrogen-bond donors (Lipinski definition) is 4. The number of carbonyl (C=O) groups excluding carboxylic acids is 1. The van der Waals surface area contributed by atoms with Gasteiger partial charge in [-0.05, 0) is 12.6 Å². The van der Waals surface area contributed by atoms with Gasteiger partial charge in [0.2, 0.25) is 5.91 Å². The van der Waals surface area contributed by atoms with Crippen LogP contribution in [0.5, 0.6) is 0 Å². The Bertz CT molecular complexity index is 692. The number of nitrogens with two attached hydrogens (primary N) is 2. The van der Waals surface area contributed by atoms with E-state index in [0.29, 0.717) is 5.69 Å². The van der Waals surface area contributed by atoms with Crippen molar-refractivity contribution in [1.29, 1.82) is 0 Å². The largest absolute Gasteiger partial charge is 0.367 e. The minimum absolute atomic E-state index is 0.0739. The second kappa shape index (κ2) is 9.37. The molecule has 0 radical (unpaired) electrons. The van der Waals surface area contributed by atoms with Crippen LogP contribution in [0.4, 0.5) is 15.8 Å². The molecule has 0 aromatic carbocycles. The lowest BCUT2D eigenvalue weighted by Gasteiger charge is -2.36. The summed E-state index contributed by atoms with van der Waals surface area (Å²) in [5.41, 5.74) is 13.2. The maximum atomic E-state index is 13.3. The minimum Gasteiger partial charge on any atom is -0.367 e. The summed E-state index contributed by atoms with van der Waals surface area (Å²) in [5.74, 6) is -1.21. The van der Waals surface area contributed by atoms with Crippen LogP contribution in [0.15, 0.2) is 23.5 Å². The number of nitrogens with one attached hydrogen (secondary N) is 2. The average molecular weight is 392 g/mol. The van der Waals surface area contributed by atoms with E-state index in [2.05, 4.69) is 37.3 Å². The van der Waals surface area contributed by atoms with Crippen molar-refractivity contribution in [3.63, 3.8) is 0 Å². The van der Waals surface area contributed by atoms with Crippen LogP contribution in [0.1, 0.15) is 6.92 Å². The summed E-state index contributed by atoms with van der Waals surface area (Å²) in [7, 11) is 0. The summed E-state index contributed by atoms with van der Waals surface area (Å²) in [6.07, 6.45) is 1.72. The zero-order valence-corrected chi connectivity index (χ0v) is 16.1. The van der Waals surface area contributed by atoms with Gasteiger partial charge in [-0.2, -0.15) is 0 Å². The molecule has 3 rings (SSSR count). The van der Waals surface area contributed by atoms with Crippen LogP contribution in [0, 0.1) is 5.92 Å². The predicted octanol–water partition coefficient (Wildman–Crippen LogP) is -0.640. The molecule has 3 unspecified atom stereocenters. The smallest absolute Gasteiger partial charge is 0.234 e. The van der Waals surface area contributed by atoms with Crippen molar-refractivity contribution < 1.29 is 9.18 Å². The van der Waals surface area contributed by atoms with E-state index in [4.69, 9.17) is 11.5 Å². The molecule has 1 aromatic heterocycles. The predicted molar refractivity (Wildman–Crippen MR) is 108 cm³/mol. The van der Waals surface area contributed by atoms with Crippen LogP contribution in [-0.2, 0) is 4.79 Å². The Hall–Kier alpha value is -2.14. The molecule has 1 aromatic rings.